The second-order valence-corrected chi connectivity index (χ2v) is 7.23. The second-order valence-electron chi connectivity index (χ2n) is 5.21. The van der Waals surface area contributed by atoms with Gasteiger partial charge in [-0.3, -0.25) is 10.1 Å². The number of hydrogen-bond donors (Lipinski definition) is 0. The first-order valence-corrected chi connectivity index (χ1v) is 8.83. The van der Waals surface area contributed by atoms with E-state index in [4.69, 9.17) is 9.15 Å². The molecule has 0 aliphatic heterocycles. The van der Waals surface area contributed by atoms with Gasteiger partial charge in [-0.05, 0) is 30.3 Å². The van der Waals surface area contributed by atoms with Gasteiger partial charge in [0.15, 0.2) is 9.84 Å². The summed E-state index contributed by atoms with van der Waals surface area (Å²) in [5, 5.41) is 11.9. The number of ether oxygens (including phenoxy) is 1. The quantitative estimate of drug-likeness (QED) is 0.398. The molecule has 9 heteroatoms. The zero-order chi connectivity index (χ0) is 18.2. The van der Waals surface area contributed by atoms with Crippen molar-refractivity contribution in [2.75, 3.05) is 6.26 Å². The molecule has 0 saturated carbocycles. The molecule has 3 rings (SSSR count). The summed E-state index contributed by atoms with van der Waals surface area (Å²) in [6.07, 6.45) is 0.956. The number of benzene rings is 2. The standard InChI is InChI=1S/C16H11NO7S/c1-25(21,22)12-5-6-14(13(9-12)17(19)20)23-11-4-2-10-3-7-16(18)24-15(10)8-11/h2-9H,1H3. The molecule has 0 unspecified atom stereocenters. The Hall–Kier alpha value is -3.20. The van der Waals surface area contributed by atoms with Crippen molar-refractivity contribution in [1.82, 2.24) is 0 Å². The maximum Gasteiger partial charge on any atom is 0.336 e. The monoisotopic (exact) mass is 361 g/mol. The van der Waals surface area contributed by atoms with Crippen molar-refractivity contribution in [3.8, 4) is 11.5 Å². The van der Waals surface area contributed by atoms with Crippen LogP contribution in [0.15, 0.2) is 62.6 Å². The molecule has 1 aromatic heterocycles. The molecule has 0 N–H and O–H groups in total. The number of nitro groups is 1. The predicted molar refractivity (Wildman–Crippen MR) is 88.8 cm³/mol. The van der Waals surface area contributed by atoms with Crippen LogP contribution in [-0.4, -0.2) is 19.6 Å². The summed E-state index contributed by atoms with van der Waals surface area (Å²) in [5.74, 6) is 0.0760. The first kappa shape index (κ1) is 16.7. The molecule has 0 atom stereocenters. The lowest BCUT2D eigenvalue weighted by molar-refractivity contribution is -0.385. The van der Waals surface area contributed by atoms with E-state index >= 15 is 0 Å². The fourth-order valence-electron chi connectivity index (χ4n) is 2.19. The van der Waals surface area contributed by atoms with Crippen LogP contribution >= 0.6 is 0 Å². The molecule has 0 aliphatic carbocycles. The van der Waals surface area contributed by atoms with Gasteiger partial charge >= 0.3 is 11.3 Å². The summed E-state index contributed by atoms with van der Waals surface area (Å²) in [6.45, 7) is 0. The summed E-state index contributed by atoms with van der Waals surface area (Å²) in [6, 6.07) is 10.8. The van der Waals surface area contributed by atoms with Crippen molar-refractivity contribution < 1.29 is 22.5 Å². The van der Waals surface area contributed by atoms with Crippen LogP contribution in [0.1, 0.15) is 0 Å². The zero-order valence-electron chi connectivity index (χ0n) is 12.8. The molecule has 8 nitrogen and oxygen atoms in total. The van der Waals surface area contributed by atoms with Crippen molar-refractivity contribution in [3.05, 3.63) is 69.1 Å². The number of nitro benzene ring substituents is 1. The maximum absolute atomic E-state index is 11.6. The average Bonchev–Trinajstić information content (AvgIpc) is 2.53. The summed E-state index contributed by atoms with van der Waals surface area (Å²) < 4.78 is 33.6. The first-order chi connectivity index (χ1) is 11.7. The molecule has 128 valence electrons. The third kappa shape index (κ3) is 3.50. The summed E-state index contributed by atoms with van der Waals surface area (Å²) in [5.41, 5.74) is -0.758. The molecule has 0 radical (unpaired) electrons. The van der Waals surface area contributed by atoms with Crippen LogP contribution in [0.3, 0.4) is 0 Å². The Morgan fingerprint density at radius 2 is 1.80 bits per heavy atom. The van der Waals surface area contributed by atoms with Crippen molar-refractivity contribution >= 4 is 26.5 Å². The molecule has 1 heterocycles. The molecule has 25 heavy (non-hydrogen) atoms. The van der Waals surface area contributed by atoms with Crippen LogP contribution in [-0.2, 0) is 9.84 Å². The van der Waals surface area contributed by atoms with Crippen molar-refractivity contribution in [2.45, 2.75) is 4.90 Å². The van der Waals surface area contributed by atoms with Gasteiger partial charge in [0.05, 0.1) is 9.82 Å². The number of hydrogen-bond acceptors (Lipinski definition) is 7. The van der Waals surface area contributed by atoms with E-state index in [2.05, 4.69) is 0 Å². The van der Waals surface area contributed by atoms with Gasteiger partial charge in [0.25, 0.3) is 0 Å². The number of rotatable bonds is 4. The van der Waals surface area contributed by atoms with Crippen LogP contribution in [0.4, 0.5) is 5.69 Å². The molecule has 0 bridgehead atoms. The normalized spacial score (nSPS) is 11.4. The van der Waals surface area contributed by atoms with Crippen LogP contribution in [0.2, 0.25) is 0 Å². The number of nitrogens with zero attached hydrogens (tertiary/aromatic N) is 1. The molecule has 0 saturated heterocycles. The molecule has 2 aromatic carbocycles. The van der Waals surface area contributed by atoms with E-state index in [1.165, 1.54) is 24.3 Å². The van der Waals surface area contributed by atoms with Crippen LogP contribution in [0.25, 0.3) is 11.0 Å². The van der Waals surface area contributed by atoms with E-state index < -0.39 is 26.1 Å². The average molecular weight is 361 g/mol. The number of fused-ring (bicyclic) bond motifs is 1. The Morgan fingerprint density at radius 3 is 2.48 bits per heavy atom. The fraction of sp³-hybridized carbons (Fsp3) is 0.0625. The smallest absolute Gasteiger partial charge is 0.336 e. The third-order valence-corrected chi connectivity index (χ3v) is 4.49. The SMILES string of the molecule is CS(=O)(=O)c1ccc(Oc2ccc3ccc(=O)oc3c2)c([N+](=O)[O-])c1. The highest BCUT2D eigenvalue weighted by Gasteiger charge is 2.20. The fourth-order valence-corrected chi connectivity index (χ4v) is 2.83. The molecular weight excluding hydrogens is 350 g/mol. The molecule has 0 aliphatic rings. The predicted octanol–water partition coefficient (Wildman–Crippen LogP) is 2.90. The highest BCUT2D eigenvalue weighted by atomic mass is 32.2. The van der Waals surface area contributed by atoms with Crippen molar-refractivity contribution in [3.63, 3.8) is 0 Å². The zero-order valence-corrected chi connectivity index (χ0v) is 13.6. The minimum atomic E-state index is -3.59. The van der Waals surface area contributed by atoms with Gasteiger partial charge in [0, 0.05) is 29.8 Å². The Balaban J connectivity index is 2.05. The Morgan fingerprint density at radius 1 is 1.08 bits per heavy atom. The van der Waals surface area contributed by atoms with E-state index in [1.54, 1.807) is 18.2 Å². The largest absolute Gasteiger partial charge is 0.450 e. The number of sulfone groups is 1. The highest BCUT2D eigenvalue weighted by Crippen LogP contribution is 2.34. The lowest BCUT2D eigenvalue weighted by atomic mass is 10.2. The van der Waals surface area contributed by atoms with Crippen LogP contribution in [0.5, 0.6) is 11.5 Å². The van der Waals surface area contributed by atoms with Gasteiger partial charge in [0.1, 0.15) is 11.3 Å². The lowest BCUT2D eigenvalue weighted by Crippen LogP contribution is -2.00. The summed E-state index contributed by atoms with van der Waals surface area (Å²) >= 11 is 0. The van der Waals surface area contributed by atoms with E-state index in [-0.39, 0.29) is 22.0 Å². The Kier molecular flexibility index (Phi) is 4.01. The minimum Gasteiger partial charge on any atom is -0.450 e. The maximum atomic E-state index is 11.6. The molecule has 0 amide bonds. The first-order valence-electron chi connectivity index (χ1n) is 6.94. The molecular formula is C16H11NO7S. The van der Waals surface area contributed by atoms with E-state index in [0.29, 0.717) is 5.39 Å². The molecule has 0 fully saturated rings. The van der Waals surface area contributed by atoms with E-state index in [1.807, 2.05) is 0 Å². The summed E-state index contributed by atoms with van der Waals surface area (Å²) in [4.78, 5) is 21.6. The molecule has 0 spiro atoms. The Labute approximate surface area is 141 Å². The minimum absolute atomic E-state index is 0.130. The molecule has 3 aromatic rings. The van der Waals surface area contributed by atoms with Crippen LogP contribution in [0, 0.1) is 10.1 Å². The second kappa shape index (κ2) is 6.02. The van der Waals surface area contributed by atoms with Gasteiger partial charge in [0.2, 0.25) is 5.75 Å². The van der Waals surface area contributed by atoms with Gasteiger partial charge in [-0.2, -0.15) is 0 Å². The Bertz CT molecular complexity index is 1150. The van der Waals surface area contributed by atoms with Gasteiger partial charge in [-0.25, -0.2) is 13.2 Å². The highest BCUT2D eigenvalue weighted by molar-refractivity contribution is 7.90. The topological polar surface area (TPSA) is 117 Å². The summed E-state index contributed by atoms with van der Waals surface area (Å²) in [7, 11) is -3.59. The van der Waals surface area contributed by atoms with Crippen molar-refractivity contribution in [2.24, 2.45) is 0 Å². The van der Waals surface area contributed by atoms with Crippen molar-refractivity contribution in [1.29, 1.82) is 0 Å². The third-order valence-electron chi connectivity index (χ3n) is 3.38. The van der Waals surface area contributed by atoms with Crippen LogP contribution < -0.4 is 10.4 Å². The van der Waals surface area contributed by atoms with E-state index in [0.717, 1.165) is 12.3 Å². The lowest BCUT2D eigenvalue weighted by Gasteiger charge is -2.08. The van der Waals surface area contributed by atoms with Gasteiger partial charge in [-0.1, -0.05) is 0 Å². The van der Waals surface area contributed by atoms with Gasteiger partial charge in [-0.15, -0.1) is 0 Å². The van der Waals surface area contributed by atoms with E-state index in [9.17, 15) is 23.3 Å². The van der Waals surface area contributed by atoms with Gasteiger partial charge < -0.3 is 9.15 Å².